The second kappa shape index (κ2) is 9.69. The molecule has 9 heteroatoms. The van der Waals surface area contributed by atoms with Crippen LogP contribution in [0.5, 0.6) is 0 Å². The summed E-state index contributed by atoms with van der Waals surface area (Å²) in [5.41, 5.74) is 8.57. The van der Waals surface area contributed by atoms with Crippen LogP contribution in [0.2, 0.25) is 5.02 Å². The van der Waals surface area contributed by atoms with Crippen LogP contribution < -0.4 is 21.3 Å². The molecule has 0 spiro atoms. The van der Waals surface area contributed by atoms with E-state index in [1.54, 1.807) is 24.9 Å². The number of benzene rings is 2. The largest absolute Gasteiger partial charge is 0.388 e. The molecule has 3 rings (SSSR count). The Kier molecular flexibility index (Phi) is 7.02. The molecule has 0 bridgehead atoms. The van der Waals surface area contributed by atoms with E-state index in [9.17, 15) is 4.79 Å². The summed E-state index contributed by atoms with van der Waals surface area (Å²) in [5, 5.41) is 6.91. The lowest BCUT2D eigenvalue weighted by atomic mass is 10.0. The van der Waals surface area contributed by atoms with Crippen LogP contribution in [0, 0.1) is 0 Å². The number of nitrogens with one attached hydrogen (secondary N) is 2. The lowest BCUT2D eigenvalue weighted by Gasteiger charge is -2.22. The van der Waals surface area contributed by atoms with Gasteiger partial charge in [0.1, 0.15) is 0 Å². The Morgan fingerprint density at radius 3 is 2.73 bits per heavy atom. The normalized spacial score (nSPS) is 16.4. The highest BCUT2D eigenvalue weighted by molar-refractivity contribution is 7.80. The van der Waals surface area contributed by atoms with Crippen LogP contribution in [0.3, 0.4) is 0 Å². The first-order valence-electron chi connectivity index (χ1n) is 9.38. The maximum atomic E-state index is 13.1. The highest BCUT2D eigenvalue weighted by atomic mass is 35.5. The van der Waals surface area contributed by atoms with Crippen molar-refractivity contribution in [3.05, 3.63) is 64.7 Å². The minimum Gasteiger partial charge on any atom is -0.388 e. The molecule has 1 amide bonds. The average Bonchev–Trinajstić information content (AvgIpc) is 2.82. The molecule has 1 aliphatic rings. The number of hydrogen-bond acceptors (Lipinski definition) is 4. The van der Waals surface area contributed by atoms with Gasteiger partial charge in [0.05, 0.1) is 23.8 Å². The van der Waals surface area contributed by atoms with Gasteiger partial charge in [-0.1, -0.05) is 41.9 Å². The molecule has 0 saturated heterocycles. The number of hydrogen-bond donors (Lipinski definition) is 3. The van der Waals surface area contributed by atoms with E-state index in [-0.39, 0.29) is 5.91 Å². The number of thiocarbonyl (C=S) groups is 1. The molecule has 1 heterocycles. The number of benzodiazepines with no additional fused rings is 1. The van der Waals surface area contributed by atoms with E-state index < -0.39 is 6.17 Å². The van der Waals surface area contributed by atoms with E-state index >= 15 is 0 Å². The van der Waals surface area contributed by atoms with Crippen molar-refractivity contribution < 1.29 is 4.79 Å². The third kappa shape index (κ3) is 5.14. The van der Waals surface area contributed by atoms with Gasteiger partial charge in [-0.25, -0.2) is 4.99 Å². The molecule has 156 valence electrons. The van der Waals surface area contributed by atoms with Crippen LogP contribution in [0.15, 0.2) is 58.5 Å². The first-order valence-corrected chi connectivity index (χ1v) is 10.2. The topological polar surface area (TPSA) is 95.1 Å². The number of amides is 1. The zero-order chi connectivity index (χ0) is 21.7. The predicted molar refractivity (Wildman–Crippen MR) is 127 cm³/mol. The van der Waals surface area contributed by atoms with Gasteiger partial charge >= 0.3 is 0 Å². The molecule has 7 nitrogen and oxygen atoms in total. The number of likely N-dealkylation sites (N-methyl/N-ethyl adjacent to an activating group) is 1. The SMILES string of the molecule is CC(N)=NCCNC(=S)NC1N=C(c2ccccc2)c2cc(Cl)ccc2N(C)C1=O. The zero-order valence-corrected chi connectivity index (χ0v) is 18.3. The summed E-state index contributed by atoms with van der Waals surface area (Å²) in [6.45, 7) is 2.69. The van der Waals surface area contributed by atoms with Crippen LogP contribution in [0.25, 0.3) is 0 Å². The number of halogens is 1. The second-order valence-corrected chi connectivity index (χ2v) is 7.57. The molecule has 1 unspecified atom stereocenters. The van der Waals surface area contributed by atoms with Gasteiger partial charge in [0.25, 0.3) is 5.91 Å². The van der Waals surface area contributed by atoms with Gasteiger partial charge in [-0.2, -0.15) is 0 Å². The first kappa shape index (κ1) is 21.7. The van der Waals surface area contributed by atoms with Gasteiger partial charge in [0.15, 0.2) is 5.11 Å². The standard InChI is InChI=1S/C21H23ClN6OS/c1-13(23)24-10-11-25-21(30)27-19-20(29)28(2)17-9-8-15(22)12-16(17)18(26-19)14-6-4-3-5-7-14/h3-9,12,19H,10-11H2,1-2H3,(H2,23,24)(H2,25,27,30). The number of amidine groups is 1. The molecule has 30 heavy (non-hydrogen) atoms. The minimum absolute atomic E-state index is 0.232. The molecule has 1 aliphatic heterocycles. The number of nitrogens with two attached hydrogens (primary N) is 1. The van der Waals surface area contributed by atoms with Crippen molar-refractivity contribution in [1.29, 1.82) is 0 Å². The number of carbonyl (C=O) groups is 1. The van der Waals surface area contributed by atoms with E-state index in [0.29, 0.717) is 34.8 Å². The minimum atomic E-state index is -0.892. The summed E-state index contributed by atoms with van der Waals surface area (Å²) in [7, 11) is 1.71. The highest BCUT2D eigenvalue weighted by Gasteiger charge is 2.30. The number of aliphatic imine (C=N–C) groups is 2. The molecule has 4 N–H and O–H groups in total. The van der Waals surface area contributed by atoms with Gasteiger partial charge in [-0.3, -0.25) is 9.79 Å². The van der Waals surface area contributed by atoms with Gasteiger partial charge in [-0.15, -0.1) is 0 Å². The molecular formula is C21H23ClN6OS. The molecule has 0 aliphatic carbocycles. The summed E-state index contributed by atoms with van der Waals surface area (Å²) < 4.78 is 0. The van der Waals surface area contributed by atoms with E-state index in [1.165, 1.54) is 0 Å². The van der Waals surface area contributed by atoms with E-state index in [1.807, 2.05) is 42.5 Å². The van der Waals surface area contributed by atoms with Crippen molar-refractivity contribution in [3.63, 3.8) is 0 Å². The van der Waals surface area contributed by atoms with E-state index in [0.717, 1.165) is 16.8 Å². The lowest BCUT2D eigenvalue weighted by Crippen LogP contribution is -2.49. The summed E-state index contributed by atoms with van der Waals surface area (Å²) in [5.74, 6) is 0.272. The van der Waals surface area contributed by atoms with Gasteiger partial charge < -0.3 is 21.3 Å². The Bertz CT molecular complexity index is 1000. The number of anilines is 1. The molecule has 0 aromatic heterocycles. The fourth-order valence-electron chi connectivity index (χ4n) is 3.04. The van der Waals surface area contributed by atoms with Crippen molar-refractivity contribution in [2.75, 3.05) is 25.0 Å². The quantitative estimate of drug-likeness (QED) is 0.286. The Hall–Kier alpha value is -2.97. The zero-order valence-electron chi connectivity index (χ0n) is 16.7. The number of fused-ring (bicyclic) bond motifs is 1. The first-order chi connectivity index (χ1) is 14.4. The van der Waals surface area contributed by atoms with Crippen LogP contribution in [0.1, 0.15) is 18.1 Å². The maximum Gasteiger partial charge on any atom is 0.272 e. The van der Waals surface area contributed by atoms with E-state index in [2.05, 4.69) is 15.6 Å². The summed E-state index contributed by atoms with van der Waals surface area (Å²) in [6, 6.07) is 15.1. The molecule has 2 aromatic carbocycles. The highest BCUT2D eigenvalue weighted by Crippen LogP contribution is 2.29. The monoisotopic (exact) mass is 442 g/mol. The van der Waals surface area contributed by atoms with Gasteiger partial charge in [0.2, 0.25) is 6.17 Å². The van der Waals surface area contributed by atoms with Crippen molar-refractivity contribution in [3.8, 4) is 0 Å². The van der Waals surface area contributed by atoms with Crippen molar-refractivity contribution in [2.24, 2.45) is 15.7 Å². The maximum absolute atomic E-state index is 13.1. The Balaban J connectivity index is 1.92. The Labute approximate surface area is 186 Å². The van der Waals surface area contributed by atoms with Crippen LogP contribution >= 0.6 is 23.8 Å². The van der Waals surface area contributed by atoms with Gasteiger partial charge in [-0.05, 0) is 37.3 Å². The number of rotatable bonds is 5. The van der Waals surface area contributed by atoms with Crippen LogP contribution in [-0.4, -0.2) is 48.9 Å². The van der Waals surface area contributed by atoms with Crippen LogP contribution in [0.4, 0.5) is 5.69 Å². The predicted octanol–water partition coefficient (Wildman–Crippen LogP) is 2.32. The molecule has 0 saturated carbocycles. The lowest BCUT2D eigenvalue weighted by molar-refractivity contribution is -0.119. The number of nitrogens with zero attached hydrogens (tertiary/aromatic N) is 3. The molecular weight excluding hydrogens is 420 g/mol. The Morgan fingerprint density at radius 2 is 2.03 bits per heavy atom. The molecule has 2 aromatic rings. The smallest absolute Gasteiger partial charge is 0.272 e. The van der Waals surface area contributed by atoms with E-state index in [4.69, 9.17) is 34.5 Å². The van der Waals surface area contributed by atoms with Crippen LogP contribution in [-0.2, 0) is 4.79 Å². The fraction of sp³-hybridized carbons (Fsp3) is 0.238. The summed E-state index contributed by atoms with van der Waals surface area (Å²) in [4.78, 5) is 23.5. The molecule has 0 radical (unpaired) electrons. The average molecular weight is 443 g/mol. The summed E-state index contributed by atoms with van der Waals surface area (Å²) in [6.07, 6.45) is -0.892. The molecule has 0 fully saturated rings. The Morgan fingerprint density at radius 1 is 1.30 bits per heavy atom. The summed E-state index contributed by atoms with van der Waals surface area (Å²) >= 11 is 11.6. The van der Waals surface area contributed by atoms with Crippen molar-refractivity contribution in [1.82, 2.24) is 10.6 Å². The number of carbonyl (C=O) groups excluding carboxylic acids is 1. The van der Waals surface area contributed by atoms with Gasteiger partial charge in [0, 0.05) is 29.7 Å². The van der Waals surface area contributed by atoms with Crippen molar-refractivity contribution >= 4 is 52.1 Å². The third-order valence-corrected chi connectivity index (χ3v) is 4.97. The molecule has 1 atom stereocenters. The fourth-order valence-corrected chi connectivity index (χ4v) is 3.43. The van der Waals surface area contributed by atoms with Crippen molar-refractivity contribution in [2.45, 2.75) is 13.1 Å². The third-order valence-electron chi connectivity index (χ3n) is 4.47. The second-order valence-electron chi connectivity index (χ2n) is 6.73.